The fraction of sp³-hybridized carbons (Fsp3) is 0.257. The number of carbonyl (C=O) groups excluding carboxylic acids is 2. The van der Waals surface area contributed by atoms with Crippen molar-refractivity contribution in [1.82, 2.24) is 10.2 Å². The Morgan fingerprint density at radius 1 is 0.756 bits per heavy atom. The number of amides is 2. The molecule has 0 aliphatic rings. The lowest BCUT2D eigenvalue weighted by molar-refractivity contribution is -0.141. The van der Waals surface area contributed by atoms with Gasteiger partial charge in [0.15, 0.2) is 0 Å². The van der Waals surface area contributed by atoms with Gasteiger partial charge in [0, 0.05) is 31.8 Å². The molecule has 4 aromatic rings. The Hall–Kier alpha value is -3.60. The van der Waals surface area contributed by atoms with Gasteiger partial charge in [0.1, 0.15) is 6.04 Å². The van der Waals surface area contributed by atoms with E-state index >= 15 is 0 Å². The average Bonchev–Trinajstić information content (AvgIpc) is 3.00. The molecular formula is C35H36Cl2N2O2. The van der Waals surface area contributed by atoms with E-state index in [0.29, 0.717) is 23.0 Å². The molecule has 0 aromatic heterocycles. The van der Waals surface area contributed by atoms with Gasteiger partial charge in [-0.15, -0.1) is 0 Å². The third kappa shape index (κ3) is 8.69. The first-order chi connectivity index (χ1) is 20.0. The van der Waals surface area contributed by atoms with Crippen LogP contribution in [-0.4, -0.2) is 29.3 Å². The summed E-state index contributed by atoms with van der Waals surface area (Å²) in [7, 11) is 0. The number of halogens is 2. The van der Waals surface area contributed by atoms with Gasteiger partial charge in [0.2, 0.25) is 11.8 Å². The molecule has 41 heavy (non-hydrogen) atoms. The number of hydrogen-bond acceptors (Lipinski definition) is 2. The molecule has 4 rings (SSSR count). The van der Waals surface area contributed by atoms with Gasteiger partial charge < -0.3 is 10.2 Å². The Balaban J connectivity index is 1.73. The standard InChI is InChI=1S/C35H36Cl2N2O2/c1-2-3-21-38-35(41)33(23-26-13-7-4-8-14-26)39(25-27-19-20-31(36)32(37)22-27)34(40)24-30(28-15-9-5-10-16-28)29-17-11-6-12-18-29/h4-20,22,30,33H,2-3,21,23-25H2,1H3,(H,38,41)/t33-/m0/s1. The molecule has 0 fully saturated rings. The summed E-state index contributed by atoms with van der Waals surface area (Å²) in [4.78, 5) is 29.9. The van der Waals surface area contributed by atoms with Crippen molar-refractivity contribution in [1.29, 1.82) is 0 Å². The van der Waals surface area contributed by atoms with Crippen molar-refractivity contribution in [2.45, 2.75) is 51.1 Å². The SMILES string of the molecule is CCCCNC(=O)[C@H](Cc1ccccc1)N(Cc1ccc(Cl)c(Cl)c1)C(=O)CC(c1ccccc1)c1ccccc1. The van der Waals surface area contributed by atoms with Crippen LogP contribution >= 0.6 is 23.2 Å². The van der Waals surface area contributed by atoms with Gasteiger partial charge in [-0.3, -0.25) is 9.59 Å². The molecule has 0 aliphatic carbocycles. The van der Waals surface area contributed by atoms with E-state index in [1.54, 1.807) is 17.0 Å². The lowest BCUT2D eigenvalue weighted by Gasteiger charge is -2.33. The molecule has 0 bridgehead atoms. The van der Waals surface area contributed by atoms with Crippen LogP contribution in [0.1, 0.15) is 54.4 Å². The molecule has 1 atom stereocenters. The molecule has 0 saturated carbocycles. The van der Waals surface area contributed by atoms with Crippen molar-refractivity contribution in [3.05, 3.63) is 141 Å². The van der Waals surface area contributed by atoms with Gasteiger partial charge in [0.05, 0.1) is 10.0 Å². The van der Waals surface area contributed by atoms with E-state index in [-0.39, 0.29) is 30.7 Å². The van der Waals surface area contributed by atoms with Crippen LogP contribution < -0.4 is 5.32 Å². The van der Waals surface area contributed by atoms with Crippen LogP contribution in [0.4, 0.5) is 0 Å². The van der Waals surface area contributed by atoms with Crippen LogP contribution in [0.2, 0.25) is 10.0 Å². The fourth-order valence-electron chi connectivity index (χ4n) is 4.99. The molecule has 4 nitrogen and oxygen atoms in total. The number of rotatable bonds is 13. The normalized spacial score (nSPS) is 11.7. The zero-order valence-electron chi connectivity index (χ0n) is 23.3. The number of nitrogens with zero attached hydrogens (tertiary/aromatic N) is 1. The second-order valence-electron chi connectivity index (χ2n) is 10.2. The van der Waals surface area contributed by atoms with Crippen LogP contribution in [0, 0.1) is 0 Å². The molecule has 4 aromatic carbocycles. The van der Waals surface area contributed by atoms with Gasteiger partial charge in [-0.1, -0.05) is 134 Å². The molecule has 0 radical (unpaired) electrons. The molecule has 0 aliphatic heterocycles. The predicted molar refractivity (Wildman–Crippen MR) is 168 cm³/mol. The van der Waals surface area contributed by atoms with Crippen molar-refractivity contribution in [2.75, 3.05) is 6.54 Å². The Bertz CT molecular complexity index is 1360. The highest BCUT2D eigenvalue weighted by Gasteiger charge is 2.32. The average molecular weight is 588 g/mol. The largest absolute Gasteiger partial charge is 0.354 e. The van der Waals surface area contributed by atoms with Crippen molar-refractivity contribution < 1.29 is 9.59 Å². The third-order valence-electron chi connectivity index (χ3n) is 7.22. The van der Waals surface area contributed by atoms with E-state index in [9.17, 15) is 9.59 Å². The van der Waals surface area contributed by atoms with Crippen molar-refractivity contribution >= 4 is 35.0 Å². The van der Waals surface area contributed by atoms with Gasteiger partial charge in [-0.2, -0.15) is 0 Å². The first-order valence-electron chi connectivity index (χ1n) is 14.1. The summed E-state index contributed by atoms with van der Waals surface area (Å²) >= 11 is 12.6. The van der Waals surface area contributed by atoms with E-state index in [1.165, 1.54) is 0 Å². The summed E-state index contributed by atoms with van der Waals surface area (Å²) in [5.41, 5.74) is 3.89. The molecular weight excluding hydrogens is 551 g/mol. The third-order valence-corrected chi connectivity index (χ3v) is 7.96. The van der Waals surface area contributed by atoms with E-state index in [1.807, 2.05) is 97.1 Å². The molecule has 212 valence electrons. The minimum atomic E-state index is -0.705. The molecule has 0 saturated heterocycles. The first kappa shape index (κ1) is 30.4. The first-order valence-corrected chi connectivity index (χ1v) is 14.9. The van der Waals surface area contributed by atoms with Crippen molar-refractivity contribution in [2.24, 2.45) is 0 Å². The Labute approximate surface area is 253 Å². The number of hydrogen-bond donors (Lipinski definition) is 1. The second-order valence-corrected chi connectivity index (χ2v) is 11.0. The monoisotopic (exact) mass is 586 g/mol. The maximum absolute atomic E-state index is 14.4. The summed E-state index contributed by atoms with van der Waals surface area (Å²) in [6.45, 7) is 2.87. The molecule has 0 heterocycles. The minimum absolute atomic E-state index is 0.111. The van der Waals surface area contributed by atoms with Crippen LogP contribution in [0.5, 0.6) is 0 Å². The van der Waals surface area contributed by atoms with E-state index in [2.05, 4.69) is 12.2 Å². The van der Waals surface area contributed by atoms with E-state index in [4.69, 9.17) is 23.2 Å². The van der Waals surface area contributed by atoms with Gasteiger partial charge in [-0.25, -0.2) is 0 Å². The molecule has 0 spiro atoms. The Morgan fingerprint density at radius 2 is 1.34 bits per heavy atom. The molecule has 1 N–H and O–H groups in total. The summed E-state index contributed by atoms with van der Waals surface area (Å²) in [6.07, 6.45) is 2.44. The highest BCUT2D eigenvalue weighted by atomic mass is 35.5. The predicted octanol–water partition coefficient (Wildman–Crippen LogP) is 8.07. The second kappa shape index (κ2) is 15.4. The van der Waals surface area contributed by atoms with Crippen molar-refractivity contribution in [3.63, 3.8) is 0 Å². The molecule has 6 heteroatoms. The summed E-state index contributed by atoms with van der Waals surface area (Å²) < 4.78 is 0. The number of unbranched alkanes of at least 4 members (excludes halogenated alkanes) is 1. The number of benzene rings is 4. The Kier molecular flexibility index (Phi) is 11.4. The topological polar surface area (TPSA) is 49.4 Å². The highest BCUT2D eigenvalue weighted by Crippen LogP contribution is 2.30. The van der Waals surface area contributed by atoms with Crippen LogP contribution in [-0.2, 0) is 22.6 Å². The van der Waals surface area contributed by atoms with E-state index in [0.717, 1.165) is 35.1 Å². The van der Waals surface area contributed by atoms with Gasteiger partial charge in [0.25, 0.3) is 0 Å². The summed E-state index contributed by atoms with van der Waals surface area (Å²) in [6, 6.07) is 34.6. The zero-order chi connectivity index (χ0) is 29.0. The van der Waals surface area contributed by atoms with Crippen LogP contribution in [0.3, 0.4) is 0 Å². The summed E-state index contributed by atoms with van der Waals surface area (Å²) in [5, 5.41) is 3.94. The van der Waals surface area contributed by atoms with Crippen LogP contribution in [0.15, 0.2) is 109 Å². The number of nitrogens with one attached hydrogen (secondary N) is 1. The smallest absolute Gasteiger partial charge is 0.243 e. The van der Waals surface area contributed by atoms with Gasteiger partial charge >= 0.3 is 0 Å². The highest BCUT2D eigenvalue weighted by molar-refractivity contribution is 6.42. The minimum Gasteiger partial charge on any atom is -0.354 e. The quantitative estimate of drug-likeness (QED) is 0.161. The number of carbonyl (C=O) groups is 2. The van der Waals surface area contributed by atoms with Crippen LogP contribution in [0.25, 0.3) is 0 Å². The Morgan fingerprint density at radius 3 is 1.90 bits per heavy atom. The molecule has 0 unspecified atom stereocenters. The fourth-order valence-corrected chi connectivity index (χ4v) is 5.31. The van der Waals surface area contributed by atoms with Crippen molar-refractivity contribution in [3.8, 4) is 0 Å². The lowest BCUT2D eigenvalue weighted by atomic mass is 9.87. The van der Waals surface area contributed by atoms with E-state index < -0.39 is 6.04 Å². The summed E-state index contributed by atoms with van der Waals surface area (Å²) in [5.74, 6) is -0.436. The van der Waals surface area contributed by atoms with Gasteiger partial charge in [-0.05, 0) is 40.8 Å². The maximum atomic E-state index is 14.4. The lowest BCUT2D eigenvalue weighted by Crippen LogP contribution is -2.51. The zero-order valence-corrected chi connectivity index (χ0v) is 24.8. The molecule has 2 amide bonds. The maximum Gasteiger partial charge on any atom is 0.243 e.